The molecule has 0 fully saturated rings. The van der Waals surface area contributed by atoms with E-state index in [0.717, 1.165) is 9.15 Å². The number of halogens is 1. The Bertz CT molecular complexity index is 906. The highest BCUT2D eigenvalue weighted by molar-refractivity contribution is 9.10. The van der Waals surface area contributed by atoms with Gasteiger partial charge < -0.3 is 5.11 Å². The maximum absolute atomic E-state index is 12.6. The van der Waals surface area contributed by atoms with Crippen molar-refractivity contribution in [2.24, 2.45) is 0 Å². The van der Waals surface area contributed by atoms with Gasteiger partial charge >= 0.3 is 5.97 Å². The molecule has 110 valence electrons. The topological polar surface area (TPSA) is 72.2 Å². The number of hydrogen-bond donors (Lipinski definition) is 1. The number of aromatic nitrogens is 2. The van der Waals surface area contributed by atoms with Crippen molar-refractivity contribution in [2.75, 3.05) is 0 Å². The van der Waals surface area contributed by atoms with E-state index in [1.54, 1.807) is 48.5 Å². The second kappa shape index (κ2) is 5.73. The molecule has 1 atom stereocenters. The zero-order valence-corrected chi connectivity index (χ0v) is 12.9. The summed E-state index contributed by atoms with van der Waals surface area (Å²) in [7, 11) is 0. The fourth-order valence-electron chi connectivity index (χ4n) is 2.33. The van der Waals surface area contributed by atoms with Crippen LogP contribution in [0, 0.1) is 0 Å². The summed E-state index contributed by atoms with van der Waals surface area (Å²) in [5, 5.41) is 14.7. The predicted octanol–water partition coefficient (Wildman–Crippen LogP) is 2.83. The van der Waals surface area contributed by atoms with Crippen LogP contribution >= 0.6 is 15.9 Å². The van der Waals surface area contributed by atoms with Gasteiger partial charge in [-0.15, -0.1) is 0 Å². The Hall–Kier alpha value is -2.47. The number of nitrogens with zero attached hydrogens (tertiary/aromatic N) is 2. The quantitative estimate of drug-likeness (QED) is 0.781. The highest BCUT2D eigenvalue weighted by Crippen LogP contribution is 2.19. The first-order chi connectivity index (χ1) is 10.6. The first-order valence-corrected chi connectivity index (χ1v) is 7.32. The van der Waals surface area contributed by atoms with Gasteiger partial charge in [0, 0.05) is 9.86 Å². The summed E-state index contributed by atoms with van der Waals surface area (Å²) in [6, 6.07) is 12.7. The van der Waals surface area contributed by atoms with Crippen molar-refractivity contribution >= 4 is 32.7 Å². The molecular weight excluding hydrogens is 348 g/mol. The second-order valence-corrected chi connectivity index (χ2v) is 5.69. The summed E-state index contributed by atoms with van der Waals surface area (Å²) in [5.74, 6) is -1.13. The van der Waals surface area contributed by atoms with Crippen LogP contribution in [-0.4, -0.2) is 20.9 Å². The lowest BCUT2D eigenvalue weighted by Gasteiger charge is -2.15. The fraction of sp³-hybridized carbons (Fsp3) is 0.0625. The molecule has 1 aromatic heterocycles. The van der Waals surface area contributed by atoms with E-state index in [2.05, 4.69) is 21.0 Å². The highest BCUT2D eigenvalue weighted by atomic mass is 79.9. The Labute approximate surface area is 134 Å². The third kappa shape index (κ3) is 2.53. The van der Waals surface area contributed by atoms with Crippen LogP contribution in [0.5, 0.6) is 0 Å². The molecule has 0 aliphatic heterocycles. The Kier molecular flexibility index (Phi) is 3.77. The molecule has 0 radical (unpaired) electrons. The number of benzene rings is 2. The molecule has 0 spiro atoms. The highest BCUT2D eigenvalue weighted by Gasteiger charge is 2.24. The number of fused-ring (bicyclic) bond motifs is 1. The maximum Gasteiger partial charge on any atom is 0.333 e. The Morgan fingerprint density at radius 1 is 1.18 bits per heavy atom. The first kappa shape index (κ1) is 14.5. The molecular formula is C16H11BrN2O3. The van der Waals surface area contributed by atoms with Crippen LogP contribution in [0.25, 0.3) is 10.8 Å². The summed E-state index contributed by atoms with van der Waals surface area (Å²) in [6.07, 6.45) is 1.50. The number of carbonyl (C=O) groups is 1. The van der Waals surface area contributed by atoms with Gasteiger partial charge in [0.2, 0.25) is 0 Å². The minimum absolute atomic E-state index is 0.423. The Balaban J connectivity index is 2.25. The van der Waals surface area contributed by atoms with Gasteiger partial charge in [-0.2, -0.15) is 5.10 Å². The fourth-order valence-corrected chi connectivity index (χ4v) is 2.70. The van der Waals surface area contributed by atoms with Gasteiger partial charge in [0.25, 0.3) is 5.56 Å². The van der Waals surface area contributed by atoms with Gasteiger partial charge in [-0.1, -0.05) is 52.3 Å². The molecule has 0 bridgehead atoms. The van der Waals surface area contributed by atoms with Crippen molar-refractivity contribution in [2.45, 2.75) is 6.04 Å². The van der Waals surface area contributed by atoms with Crippen molar-refractivity contribution in [1.29, 1.82) is 0 Å². The molecule has 1 heterocycles. The molecule has 3 rings (SSSR count). The average molecular weight is 359 g/mol. The van der Waals surface area contributed by atoms with E-state index in [9.17, 15) is 14.7 Å². The van der Waals surface area contributed by atoms with Gasteiger partial charge in [0.15, 0.2) is 6.04 Å². The Morgan fingerprint density at radius 3 is 2.59 bits per heavy atom. The zero-order valence-electron chi connectivity index (χ0n) is 11.3. The monoisotopic (exact) mass is 358 g/mol. The van der Waals surface area contributed by atoms with E-state index >= 15 is 0 Å². The predicted molar refractivity (Wildman–Crippen MR) is 85.9 cm³/mol. The van der Waals surface area contributed by atoms with E-state index in [-0.39, 0.29) is 0 Å². The van der Waals surface area contributed by atoms with Crippen molar-refractivity contribution in [3.8, 4) is 0 Å². The summed E-state index contributed by atoms with van der Waals surface area (Å²) < 4.78 is 1.76. The number of carboxylic acid groups (broad SMARTS) is 1. The summed E-state index contributed by atoms with van der Waals surface area (Å²) in [4.78, 5) is 24.3. The zero-order chi connectivity index (χ0) is 15.7. The van der Waals surface area contributed by atoms with Gasteiger partial charge in [0.1, 0.15) is 0 Å². The molecule has 22 heavy (non-hydrogen) atoms. The summed E-state index contributed by atoms with van der Waals surface area (Å²) >= 11 is 3.32. The largest absolute Gasteiger partial charge is 0.479 e. The van der Waals surface area contributed by atoms with Crippen LogP contribution in [0.15, 0.2) is 64.0 Å². The van der Waals surface area contributed by atoms with Gasteiger partial charge in [-0.05, 0) is 17.7 Å². The van der Waals surface area contributed by atoms with Gasteiger partial charge in [0.05, 0.1) is 11.6 Å². The third-order valence-corrected chi connectivity index (χ3v) is 3.86. The molecule has 0 saturated carbocycles. The molecule has 1 unspecified atom stereocenters. The standard InChI is InChI=1S/C16H11BrN2O3/c17-12-7-6-11-9-18-19(15(20)13(11)8-12)14(16(21)22)10-4-2-1-3-5-10/h1-9,14H,(H,21,22). The number of rotatable bonds is 3. The smallest absolute Gasteiger partial charge is 0.333 e. The molecule has 0 aliphatic rings. The molecule has 6 heteroatoms. The second-order valence-electron chi connectivity index (χ2n) is 4.78. The summed E-state index contributed by atoms with van der Waals surface area (Å²) in [5.41, 5.74) is 0.0639. The molecule has 0 saturated heterocycles. The van der Waals surface area contributed by atoms with E-state index in [1.165, 1.54) is 6.20 Å². The minimum Gasteiger partial charge on any atom is -0.479 e. The van der Waals surface area contributed by atoms with Crippen LogP contribution in [0.2, 0.25) is 0 Å². The van der Waals surface area contributed by atoms with E-state index in [4.69, 9.17) is 0 Å². The minimum atomic E-state index is -1.16. The molecule has 0 aliphatic carbocycles. The van der Waals surface area contributed by atoms with E-state index in [0.29, 0.717) is 16.3 Å². The molecule has 0 amide bonds. The summed E-state index contributed by atoms with van der Waals surface area (Å²) in [6.45, 7) is 0. The number of hydrogen-bond acceptors (Lipinski definition) is 3. The van der Waals surface area contributed by atoms with Gasteiger partial charge in [-0.25, -0.2) is 9.48 Å². The normalized spacial score (nSPS) is 12.2. The molecule has 1 N–H and O–H groups in total. The van der Waals surface area contributed by atoms with Crippen molar-refractivity contribution in [3.05, 3.63) is 75.1 Å². The van der Waals surface area contributed by atoms with Crippen molar-refractivity contribution in [3.63, 3.8) is 0 Å². The average Bonchev–Trinajstić information content (AvgIpc) is 2.51. The van der Waals surface area contributed by atoms with Crippen LogP contribution < -0.4 is 5.56 Å². The Morgan fingerprint density at radius 2 is 1.91 bits per heavy atom. The SMILES string of the molecule is O=C(O)C(c1ccccc1)n1ncc2ccc(Br)cc2c1=O. The molecule has 2 aromatic carbocycles. The first-order valence-electron chi connectivity index (χ1n) is 6.53. The lowest BCUT2D eigenvalue weighted by molar-refractivity contribution is -0.139. The van der Waals surface area contributed by atoms with E-state index in [1.807, 2.05) is 0 Å². The van der Waals surface area contributed by atoms with Crippen LogP contribution in [0.1, 0.15) is 11.6 Å². The number of carboxylic acids is 1. The molecule has 3 aromatic rings. The van der Waals surface area contributed by atoms with Crippen molar-refractivity contribution in [1.82, 2.24) is 9.78 Å². The van der Waals surface area contributed by atoms with Crippen molar-refractivity contribution < 1.29 is 9.90 Å². The lowest BCUT2D eigenvalue weighted by atomic mass is 10.1. The maximum atomic E-state index is 12.6. The molecule has 5 nitrogen and oxygen atoms in total. The van der Waals surface area contributed by atoms with Crippen LogP contribution in [0.3, 0.4) is 0 Å². The van der Waals surface area contributed by atoms with E-state index < -0.39 is 17.6 Å². The van der Waals surface area contributed by atoms with Crippen LogP contribution in [-0.2, 0) is 4.79 Å². The number of aliphatic carboxylic acids is 1. The van der Waals surface area contributed by atoms with Crippen LogP contribution in [0.4, 0.5) is 0 Å². The third-order valence-electron chi connectivity index (χ3n) is 3.37. The lowest BCUT2D eigenvalue weighted by Crippen LogP contribution is -2.32. The van der Waals surface area contributed by atoms with Gasteiger partial charge in [-0.3, -0.25) is 4.79 Å².